The van der Waals surface area contributed by atoms with E-state index < -0.39 is 0 Å². The van der Waals surface area contributed by atoms with Crippen molar-refractivity contribution in [3.05, 3.63) is 83.4 Å². The van der Waals surface area contributed by atoms with E-state index in [1.807, 2.05) is 12.3 Å². The maximum absolute atomic E-state index is 5.25. The molecule has 0 aliphatic carbocycles. The molecule has 0 saturated heterocycles. The lowest BCUT2D eigenvalue weighted by molar-refractivity contribution is 0.694. The molecular formula is C27H27N7. The smallest absolute Gasteiger partial charge is 0.225 e. The lowest BCUT2D eigenvalue weighted by atomic mass is 9.97. The number of nitrogens with zero attached hydrogens (tertiary/aromatic N) is 6. The van der Waals surface area contributed by atoms with E-state index in [0.717, 1.165) is 66.2 Å². The summed E-state index contributed by atoms with van der Waals surface area (Å²) in [5.41, 5.74) is 9.52. The Bertz CT molecular complexity index is 1440. The van der Waals surface area contributed by atoms with Crippen LogP contribution in [0.15, 0.2) is 61.1 Å². The van der Waals surface area contributed by atoms with Crippen molar-refractivity contribution in [2.24, 2.45) is 0 Å². The Balaban J connectivity index is 1.62. The summed E-state index contributed by atoms with van der Waals surface area (Å²) in [5.74, 6) is 0.761. The highest BCUT2D eigenvalue weighted by Crippen LogP contribution is 2.38. The molecule has 4 heterocycles. The summed E-state index contributed by atoms with van der Waals surface area (Å²) in [6.45, 7) is 6.00. The van der Waals surface area contributed by atoms with Gasteiger partial charge < -0.3 is 4.90 Å². The van der Waals surface area contributed by atoms with Crippen LogP contribution in [0.3, 0.4) is 0 Å². The highest BCUT2D eigenvalue weighted by atomic mass is 15.3. The van der Waals surface area contributed by atoms with Crippen molar-refractivity contribution in [1.29, 1.82) is 0 Å². The first-order valence-corrected chi connectivity index (χ1v) is 11.9. The molecule has 0 fully saturated rings. The number of nitrogens with one attached hydrogen (secondary N) is 1. The van der Waals surface area contributed by atoms with Crippen molar-refractivity contribution in [3.8, 4) is 16.9 Å². The first-order valence-electron chi connectivity index (χ1n) is 11.9. The number of aromatic nitrogens is 6. The zero-order valence-electron chi connectivity index (χ0n) is 19.5. The molecule has 7 heteroatoms. The zero-order valence-corrected chi connectivity index (χ0v) is 19.5. The summed E-state index contributed by atoms with van der Waals surface area (Å²) in [6, 6.07) is 14.8. The largest absolute Gasteiger partial charge is 0.336 e. The minimum Gasteiger partial charge on any atom is -0.336 e. The van der Waals surface area contributed by atoms with Crippen LogP contribution in [0.2, 0.25) is 0 Å². The molecule has 1 aliphatic heterocycles. The van der Waals surface area contributed by atoms with Gasteiger partial charge in [0.15, 0.2) is 0 Å². The van der Waals surface area contributed by atoms with Crippen LogP contribution in [-0.2, 0) is 25.8 Å². The maximum Gasteiger partial charge on any atom is 0.225 e. The topological polar surface area (TPSA) is 75.5 Å². The van der Waals surface area contributed by atoms with Crippen LogP contribution in [0, 0.1) is 0 Å². The number of fused-ring (bicyclic) bond motifs is 2. The summed E-state index contributed by atoms with van der Waals surface area (Å²) in [7, 11) is 0. The molecule has 0 bridgehead atoms. The fraction of sp³-hybridized carbons (Fsp3) is 0.259. The zero-order chi connectivity index (χ0) is 23.1. The summed E-state index contributed by atoms with van der Waals surface area (Å²) in [5, 5.41) is 13.8. The Morgan fingerprint density at radius 1 is 0.941 bits per heavy atom. The van der Waals surface area contributed by atoms with E-state index in [-0.39, 0.29) is 0 Å². The molecular weight excluding hydrogens is 422 g/mol. The van der Waals surface area contributed by atoms with Crippen LogP contribution in [0.4, 0.5) is 5.95 Å². The predicted octanol–water partition coefficient (Wildman–Crippen LogP) is 4.89. The molecule has 0 atom stereocenters. The first-order chi connectivity index (χ1) is 16.8. The number of hydrogen-bond acceptors (Lipinski definition) is 5. The van der Waals surface area contributed by atoms with Crippen LogP contribution in [0.1, 0.15) is 36.2 Å². The quantitative estimate of drug-likeness (QED) is 0.413. The molecule has 170 valence electrons. The second-order valence-corrected chi connectivity index (χ2v) is 8.67. The number of aryl methyl sites for hydroxylation is 2. The third-order valence-electron chi connectivity index (χ3n) is 6.79. The number of aromatic amines is 1. The van der Waals surface area contributed by atoms with E-state index in [9.17, 15) is 0 Å². The lowest BCUT2D eigenvalue weighted by Crippen LogP contribution is -2.31. The number of H-pyrrole nitrogens is 1. The molecule has 0 unspecified atom stereocenters. The van der Waals surface area contributed by atoms with Gasteiger partial charge in [-0.15, -0.1) is 0 Å². The van der Waals surface area contributed by atoms with Crippen molar-refractivity contribution in [2.45, 2.75) is 39.7 Å². The highest BCUT2D eigenvalue weighted by Gasteiger charge is 2.29. The number of rotatable bonds is 5. The molecule has 34 heavy (non-hydrogen) atoms. The van der Waals surface area contributed by atoms with Gasteiger partial charge in [0, 0.05) is 48.4 Å². The molecule has 0 spiro atoms. The Hall–Kier alpha value is -4.00. The monoisotopic (exact) mass is 449 g/mol. The first kappa shape index (κ1) is 20.6. The molecule has 0 amide bonds. The van der Waals surface area contributed by atoms with E-state index in [1.165, 1.54) is 22.4 Å². The second-order valence-electron chi connectivity index (χ2n) is 8.67. The summed E-state index contributed by atoms with van der Waals surface area (Å²) >= 11 is 0. The third kappa shape index (κ3) is 3.27. The average Bonchev–Trinajstić information content (AvgIpc) is 3.53. The molecule has 7 nitrogen and oxygen atoms in total. The van der Waals surface area contributed by atoms with Gasteiger partial charge in [-0.3, -0.25) is 5.10 Å². The van der Waals surface area contributed by atoms with Crippen molar-refractivity contribution in [1.82, 2.24) is 29.9 Å². The third-order valence-corrected chi connectivity index (χ3v) is 6.79. The van der Waals surface area contributed by atoms with E-state index in [4.69, 9.17) is 5.10 Å². The normalized spacial score (nSPS) is 13.4. The molecule has 6 rings (SSSR count). The van der Waals surface area contributed by atoms with Gasteiger partial charge in [0.25, 0.3) is 0 Å². The minimum absolute atomic E-state index is 0.721. The van der Waals surface area contributed by atoms with Crippen molar-refractivity contribution in [2.75, 3.05) is 11.4 Å². The van der Waals surface area contributed by atoms with Crippen LogP contribution in [0.25, 0.3) is 27.8 Å². The van der Waals surface area contributed by atoms with Crippen molar-refractivity contribution < 1.29 is 0 Å². The van der Waals surface area contributed by atoms with Gasteiger partial charge in [0.2, 0.25) is 5.95 Å². The summed E-state index contributed by atoms with van der Waals surface area (Å²) < 4.78 is 2.21. The average molecular weight is 450 g/mol. The van der Waals surface area contributed by atoms with Gasteiger partial charge in [0.1, 0.15) is 0 Å². The van der Waals surface area contributed by atoms with Gasteiger partial charge in [0.05, 0.1) is 28.8 Å². The molecule has 0 saturated carbocycles. The number of benzene rings is 2. The number of anilines is 1. The van der Waals surface area contributed by atoms with Gasteiger partial charge in [-0.2, -0.15) is 10.2 Å². The van der Waals surface area contributed by atoms with Gasteiger partial charge >= 0.3 is 0 Å². The molecule has 2 aromatic carbocycles. The lowest BCUT2D eigenvalue weighted by Gasteiger charge is -2.27. The summed E-state index contributed by atoms with van der Waals surface area (Å²) in [4.78, 5) is 11.3. The van der Waals surface area contributed by atoms with Crippen molar-refractivity contribution >= 4 is 16.9 Å². The molecule has 1 aliphatic rings. The van der Waals surface area contributed by atoms with Crippen LogP contribution >= 0.6 is 0 Å². The SMILES string of the molecule is CCc1cccc(CC)c1-n1nc2c(c1-c1cccc3[nH]ncc13)CN(c1ncccn1)CC2. The fourth-order valence-electron chi connectivity index (χ4n) is 5.10. The van der Waals surface area contributed by atoms with E-state index >= 15 is 0 Å². The standard InChI is InChI=1S/C27H27N7/c1-3-18-8-5-9-19(4-2)25(18)34-26(20-10-6-11-23-21(20)16-30-31-23)22-17-33(15-12-24(22)32-34)27-28-13-7-14-29-27/h5-11,13-14,16H,3-4,12,15,17H2,1-2H3,(H,30,31). The van der Waals surface area contributed by atoms with Gasteiger partial charge in [-0.25, -0.2) is 14.6 Å². The van der Waals surface area contributed by atoms with Crippen molar-refractivity contribution in [3.63, 3.8) is 0 Å². The van der Waals surface area contributed by atoms with Gasteiger partial charge in [-0.1, -0.05) is 44.2 Å². The minimum atomic E-state index is 0.721. The molecule has 0 radical (unpaired) electrons. The second kappa shape index (κ2) is 8.41. The van der Waals surface area contributed by atoms with Crippen LogP contribution in [0.5, 0.6) is 0 Å². The summed E-state index contributed by atoms with van der Waals surface area (Å²) in [6.07, 6.45) is 8.28. The Morgan fingerprint density at radius 2 is 1.71 bits per heavy atom. The Kier molecular flexibility index (Phi) is 5.09. The van der Waals surface area contributed by atoms with Crippen LogP contribution in [-0.4, -0.2) is 36.5 Å². The highest BCUT2D eigenvalue weighted by molar-refractivity contribution is 5.95. The van der Waals surface area contributed by atoms with Crippen LogP contribution < -0.4 is 4.90 Å². The Labute approximate surface area is 198 Å². The maximum atomic E-state index is 5.25. The molecule has 5 aromatic rings. The molecule has 3 aromatic heterocycles. The number of hydrogen-bond donors (Lipinski definition) is 1. The van der Waals surface area contributed by atoms with E-state index in [1.54, 1.807) is 12.4 Å². The van der Waals surface area contributed by atoms with E-state index in [2.05, 4.69) is 80.0 Å². The number of para-hydroxylation sites is 1. The predicted molar refractivity (Wildman–Crippen MR) is 134 cm³/mol. The van der Waals surface area contributed by atoms with Gasteiger partial charge in [-0.05, 0) is 36.1 Å². The van der Waals surface area contributed by atoms with E-state index in [0.29, 0.717) is 0 Å². The Morgan fingerprint density at radius 3 is 2.47 bits per heavy atom. The molecule has 1 N–H and O–H groups in total. The fourth-order valence-corrected chi connectivity index (χ4v) is 5.10.